The maximum atomic E-state index is 13.2. The molecule has 4 aromatic carbocycles. The number of nitrogens with zero attached hydrogens (tertiary/aromatic N) is 1. The zero-order valence-corrected chi connectivity index (χ0v) is 21.8. The Balaban J connectivity index is 1.43. The summed E-state index contributed by atoms with van der Waals surface area (Å²) in [7, 11) is 1.72. The molecule has 3 aliphatic rings. The van der Waals surface area contributed by atoms with Crippen molar-refractivity contribution in [1.82, 2.24) is 10.2 Å². The second-order valence-electron chi connectivity index (χ2n) is 10.1. The molecular formula is C33H30N2O4. The van der Waals surface area contributed by atoms with Crippen LogP contribution in [0.5, 0.6) is 11.5 Å². The fourth-order valence-electron chi connectivity index (χ4n) is 5.28. The number of likely N-dealkylation sites (N-methyl/N-ethyl adjacent to an activating group) is 1. The molecule has 3 aliphatic heterocycles. The summed E-state index contributed by atoms with van der Waals surface area (Å²) in [6.45, 7) is 0.856. The molecule has 6 heteroatoms. The highest BCUT2D eigenvalue weighted by atomic mass is 16.5. The lowest BCUT2D eigenvalue weighted by Crippen LogP contribution is -2.63. The molecule has 1 saturated heterocycles. The molecule has 1 fully saturated rings. The zero-order chi connectivity index (χ0) is 26.8. The van der Waals surface area contributed by atoms with Crippen molar-refractivity contribution in [2.75, 3.05) is 7.05 Å². The number of benzene rings is 4. The number of hydrogen-bond acceptors (Lipinski definition) is 4. The minimum Gasteiger partial charge on any atom is -0.488 e. The first kappa shape index (κ1) is 24.7. The van der Waals surface area contributed by atoms with Crippen molar-refractivity contribution < 1.29 is 19.1 Å². The molecule has 2 atom stereocenters. The zero-order valence-electron chi connectivity index (χ0n) is 21.8. The fraction of sp³-hybridized carbons (Fsp3) is 0.212. The summed E-state index contributed by atoms with van der Waals surface area (Å²) in [6.07, 6.45) is 0.806. The first-order chi connectivity index (χ1) is 19.0. The van der Waals surface area contributed by atoms with Crippen LogP contribution in [0.2, 0.25) is 0 Å². The van der Waals surface area contributed by atoms with Crippen LogP contribution >= 0.6 is 0 Å². The Kier molecular flexibility index (Phi) is 6.76. The molecule has 0 unspecified atom stereocenters. The number of nitrogens with one attached hydrogen (secondary N) is 1. The molecule has 0 aromatic heterocycles. The second kappa shape index (κ2) is 10.7. The Morgan fingerprint density at radius 3 is 1.77 bits per heavy atom. The summed E-state index contributed by atoms with van der Waals surface area (Å²) in [6, 6.07) is 30.9. The van der Waals surface area contributed by atoms with E-state index in [1.807, 2.05) is 84.9 Å². The van der Waals surface area contributed by atoms with Crippen LogP contribution in [-0.2, 0) is 35.6 Å². The molecule has 7 rings (SSSR count). The first-order valence-electron chi connectivity index (χ1n) is 13.2. The number of piperazine rings is 1. The number of carbonyl (C=O) groups is 2. The standard InChI is InChI=1S/C33H30N2O4/c1-35-29-19-25-13-15-31(39-21-23-10-6-3-7-11-23)27(17-25)26-16-24(18-28(33(35)37)34-32(29)36)12-14-30(26)38-20-22-8-4-2-5-9-22/h2-17,28-29H,18-21H2,1H3,(H,34,36)/t28-,29-/m0/s1. The van der Waals surface area contributed by atoms with Crippen LogP contribution in [0.15, 0.2) is 97.1 Å². The van der Waals surface area contributed by atoms with E-state index in [9.17, 15) is 9.59 Å². The highest BCUT2D eigenvalue weighted by Crippen LogP contribution is 2.40. The van der Waals surface area contributed by atoms with Gasteiger partial charge in [0.2, 0.25) is 11.8 Å². The van der Waals surface area contributed by atoms with Gasteiger partial charge in [0, 0.05) is 31.0 Å². The third kappa shape index (κ3) is 5.23. The van der Waals surface area contributed by atoms with Gasteiger partial charge in [0.25, 0.3) is 0 Å². The predicted octanol–water partition coefficient (Wildman–Crippen LogP) is 4.94. The molecule has 6 bridgehead atoms. The molecule has 4 aromatic rings. The maximum absolute atomic E-state index is 13.2. The first-order valence-corrected chi connectivity index (χ1v) is 13.2. The second-order valence-corrected chi connectivity index (χ2v) is 10.1. The summed E-state index contributed by atoms with van der Waals surface area (Å²) in [5, 5.41) is 2.96. The quantitative estimate of drug-likeness (QED) is 0.393. The fourth-order valence-corrected chi connectivity index (χ4v) is 5.28. The number of fused-ring (bicyclic) bond motifs is 2. The minimum atomic E-state index is -0.603. The third-order valence-corrected chi connectivity index (χ3v) is 7.45. The Labute approximate surface area is 228 Å². The SMILES string of the molecule is CN1C(=O)[C@@H]2Cc3ccc(OCc4ccccc4)c(c3)-c3cc(ccc3OCc3ccccc3)C[C@H]1C(=O)N2. The van der Waals surface area contributed by atoms with Crippen molar-refractivity contribution in [1.29, 1.82) is 0 Å². The molecule has 39 heavy (non-hydrogen) atoms. The molecule has 0 spiro atoms. The molecule has 0 radical (unpaired) electrons. The lowest BCUT2D eigenvalue weighted by molar-refractivity contribution is -0.147. The van der Waals surface area contributed by atoms with Crippen molar-refractivity contribution in [2.45, 2.75) is 38.1 Å². The van der Waals surface area contributed by atoms with E-state index in [2.05, 4.69) is 17.4 Å². The maximum Gasteiger partial charge on any atom is 0.245 e. The smallest absolute Gasteiger partial charge is 0.245 e. The van der Waals surface area contributed by atoms with E-state index in [0.717, 1.165) is 44.9 Å². The van der Waals surface area contributed by atoms with Gasteiger partial charge < -0.3 is 19.7 Å². The molecule has 3 heterocycles. The van der Waals surface area contributed by atoms with E-state index >= 15 is 0 Å². The van der Waals surface area contributed by atoms with Crippen LogP contribution in [0.4, 0.5) is 0 Å². The third-order valence-electron chi connectivity index (χ3n) is 7.45. The van der Waals surface area contributed by atoms with Crippen LogP contribution < -0.4 is 14.8 Å². The van der Waals surface area contributed by atoms with Gasteiger partial charge in [0.05, 0.1) is 0 Å². The highest BCUT2D eigenvalue weighted by Gasteiger charge is 2.38. The van der Waals surface area contributed by atoms with Gasteiger partial charge in [-0.15, -0.1) is 0 Å². The van der Waals surface area contributed by atoms with Gasteiger partial charge in [-0.25, -0.2) is 0 Å². The van der Waals surface area contributed by atoms with E-state index in [0.29, 0.717) is 26.1 Å². The van der Waals surface area contributed by atoms with Gasteiger partial charge in [0.1, 0.15) is 36.8 Å². The van der Waals surface area contributed by atoms with Crippen molar-refractivity contribution >= 4 is 11.8 Å². The molecule has 0 saturated carbocycles. The number of amides is 2. The Morgan fingerprint density at radius 2 is 1.23 bits per heavy atom. The Hall–Kier alpha value is -4.58. The van der Waals surface area contributed by atoms with Crippen LogP contribution in [0.25, 0.3) is 11.1 Å². The van der Waals surface area contributed by atoms with Crippen molar-refractivity contribution in [2.24, 2.45) is 0 Å². The molecule has 196 valence electrons. The lowest BCUT2D eigenvalue weighted by Gasteiger charge is -2.37. The van der Waals surface area contributed by atoms with E-state index in [1.165, 1.54) is 0 Å². The van der Waals surface area contributed by atoms with Gasteiger partial charge in [-0.05, 0) is 46.5 Å². The van der Waals surface area contributed by atoms with Crippen LogP contribution in [0.1, 0.15) is 22.3 Å². The van der Waals surface area contributed by atoms with Crippen LogP contribution in [0.3, 0.4) is 0 Å². The van der Waals surface area contributed by atoms with Gasteiger partial charge in [-0.1, -0.05) is 72.8 Å². The normalized spacial score (nSPS) is 18.1. The van der Waals surface area contributed by atoms with Gasteiger partial charge in [-0.3, -0.25) is 9.59 Å². The topological polar surface area (TPSA) is 67.9 Å². The average Bonchev–Trinajstić information content (AvgIpc) is 2.97. The van der Waals surface area contributed by atoms with Gasteiger partial charge >= 0.3 is 0 Å². The summed E-state index contributed by atoms with van der Waals surface area (Å²) in [4.78, 5) is 27.8. The van der Waals surface area contributed by atoms with Gasteiger partial charge in [-0.2, -0.15) is 0 Å². The van der Waals surface area contributed by atoms with E-state index in [-0.39, 0.29) is 11.8 Å². The number of ether oxygens (including phenoxy) is 2. The van der Waals surface area contributed by atoms with Crippen molar-refractivity contribution in [3.8, 4) is 22.6 Å². The number of carbonyl (C=O) groups excluding carboxylic acids is 2. The molecule has 0 aliphatic carbocycles. The summed E-state index contributed by atoms with van der Waals surface area (Å²) in [5.74, 6) is 1.27. The summed E-state index contributed by atoms with van der Waals surface area (Å²) >= 11 is 0. The molecule has 1 N–H and O–H groups in total. The van der Waals surface area contributed by atoms with Crippen LogP contribution in [0, 0.1) is 0 Å². The summed E-state index contributed by atoms with van der Waals surface area (Å²) in [5.41, 5.74) is 5.82. The summed E-state index contributed by atoms with van der Waals surface area (Å²) < 4.78 is 12.7. The van der Waals surface area contributed by atoms with Crippen LogP contribution in [-0.4, -0.2) is 35.8 Å². The lowest BCUT2D eigenvalue weighted by atomic mass is 9.91. The number of rotatable bonds is 6. The van der Waals surface area contributed by atoms with E-state index < -0.39 is 12.1 Å². The largest absolute Gasteiger partial charge is 0.488 e. The monoisotopic (exact) mass is 518 g/mol. The van der Waals surface area contributed by atoms with Crippen molar-refractivity contribution in [3.63, 3.8) is 0 Å². The Bertz CT molecular complexity index is 1500. The molecule has 6 nitrogen and oxygen atoms in total. The van der Waals surface area contributed by atoms with E-state index in [1.54, 1.807) is 11.9 Å². The Morgan fingerprint density at radius 1 is 0.718 bits per heavy atom. The minimum absolute atomic E-state index is 0.0748. The number of hydrogen-bond donors (Lipinski definition) is 1. The van der Waals surface area contributed by atoms with E-state index in [4.69, 9.17) is 9.47 Å². The highest BCUT2D eigenvalue weighted by molar-refractivity contribution is 5.97. The average molecular weight is 519 g/mol. The van der Waals surface area contributed by atoms with Gasteiger partial charge in [0.15, 0.2) is 0 Å². The molecule has 2 amide bonds. The predicted molar refractivity (Wildman–Crippen MR) is 149 cm³/mol. The molecular weight excluding hydrogens is 488 g/mol. The van der Waals surface area contributed by atoms with Crippen molar-refractivity contribution in [3.05, 3.63) is 119 Å².